The van der Waals surface area contributed by atoms with Gasteiger partial charge in [0.15, 0.2) is 0 Å². The van der Waals surface area contributed by atoms with Gasteiger partial charge in [-0.15, -0.1) is 0 Å². The van der Waals surface area contributed by atoms with Crippen LogP contribution < -0.4 is 0 Å². The molecule has 3 heterocycles. The van der Waals surface area contributed by atoms with Crippen LogP contribution in [0.2, 0.25) is 5.02 Å². The fraction of sp³-hybridized carbons (Fsp3) is 0.562. The van der Waals surface area contributed by atoms with Crippen LogP contribution in [0.5, 0.6) is 0 Å². The molecule has 19 heavy (non-hydrogen) atoms. The predicted octanol–water partition coefficient (Wildman–Crippen LogP) is 3.25. The first kappa shape index (κ1) is 11.9. The van der Waals surface area contributed by atoms with Gasteiger partial charge in [0.25, 0.3) is 0 Å². The average molecular weight is 276 g/mol. The Morgan fingerprint density at radius 1 is 1.16 bits per heavy atom. The lowest BCUT2D eigenvalue weighted by Crippen LogP contribution is -2.55. The van der Waals surface area contributed by atoms with E-state index in [4.69, 9.17) is 11.6 Å². The summed E-state index contributed by atoms with van der Waals surface area (Å²) in [5, 5.41) is 0.777. The molecule has 0 aromatic heterocycles. The second-order valence-corrected chi connectivity index (χ2v) is 6.61. The summed E-state index contributed by atoms with van der Waals surface area (Å²) in [6, 6.07) is 9.36. The van der Waals surface area contributed by atoms with Gasteiger partial charge in [0.2, 0.25) is 0 Å². The molecule has 0 aliphatic carbocycles. The number of carbonyl (C=O) groups excluding carboxylic acids is 1. The summed E-state index contributed by atoms with van der Waals surface area (Å²) in [5.74, 6) is 1.13. The van der Waals surface area contributed by atoms with Gasteiger partial charge in [-0.05, 0) is 42.9 Å². The van der Waals surface area contributed by atoms with E-state index < -0.39 is 0 Å². The fourth-order valence-electron chi connectivity index (χ4n) is 4.56. The molecule has 3 fully saturated rings. The molecular formula is C16H18ClNO. The molecule has 0 N–H and O–H groups in total. The van der Waals surface area contributed by atoms with Crippen molar-refractivity contribution < 1.29 is 4.79 Å². The van der Waals surface area contributed by atoms with Crippen molar-refractivity contribution >= 4 is 17.4 Å². The highest BCUT2D eigenvalue weighted by Gasteiger charge is 2.52. The maximum atomic E-state index is 12.4. The maximum Gasteiger partial charge on any atom is 0.139 e. The van der Waals surface area contributed by atoms with E-state index in [9.17, 15) is 4.79 Å². The van der Waals surface area contributed by atoms with Gasteiger partial charge < -0.3 is 0 Å². The third-order valence-corrected chi connectivity index (χ3v) is 5.60. The van der Waals surface area contributed by atoms with Gasteiger partial charge in [-0.25, -0.2) is 0 Å². The Labute approximate surface area is 118 Å². The van der Waals surface area contributed by atoms with E-state index in [0.29, 0.717) is 23.8 Å². The number of carbonyl (C=O) groups is 1. The van der Waals surface area contributed by atoms with Gasteiger partial charge in [-0.2, -0.15) is 0 Å². The van der Waals surface area contributed by atoms with Crippen LogP contribution in [0, 0.1) is 5.92 Å². The number of halogens is 1. The first-order valence-corrected chi connectivity index (χ1v) is 7.66. The minimum atomic E-state index is 0.230. The third-order valence-electron chi connectivity index (χ3n) is 5.35. The Hall–Kier alpha value is -0.860. The molecule has 5 atom stereocenters. The molecule has 3 aliphatic rings. The van der Waals surface area contributed by atoms with E-state index in [2.05, 4.69) is 17.0 Å². The van der Waals surface area contributed by atoms with Crippen molar-refractivity contribution in [1.82, 2.24) is 4.90 Å². The molecule has 3 saturated heterocycles. The van der Waals surface area contributed by atoms with Crippen LogP contribution in [-0.2, 0) is 4.79 Å². The van der Waals surface area contributed by atoms with Gasteiger partial charge in [-0.1, -0.05) is 23.7 Å². The SMILES string of the molecule is O=C1CCN2[C@H]3CC[C@@H]2[C@H]1[C@@H](c1ccc(Cl)cc1)C3. The largest absolute Gasteiger partial charge is 0.299 e. The summed E-state index contributed by atoms with van der Waals surface area (Å²) in [5.41, 5.74) is 1.31. The number of rotatable bonds is 1. The molecule has 3 heteroatoms. The molecule has 1 aromatic carbocycles. The lowest BCUT2D eigenvalue weighted by atomic mass is 9.71. The van der Waals surface area contributed by atoms with Crippen molar-refractivity contribution in [3.05, 3.63) is 34.9 Å². The summed E-state index contributed by atoms with van der Waals surface area (Å²) < 4.78 is 0. The van der Waals surface area contributed by atoms with E-state index in [1.165, 1.54) is 18.4 Å². The Morgan fingerprint density at radius 3 is 2.74 bits per heavy atom. The zero-order valence-electron chi connectivity index (χ0n) is 10.9. The normalized spacial score (nSPS) is 40.5. The zero-order chi connectivity index (χ0) is 13.0. The molecule has 4 bridgehead atoms. The Kier molecular flexibility index (Phi) is 2.71. The first-order valence-electron chi connectivity index (χ1n) is 7.28. The quantitative estimate of drug-likeness (QED) is 0.784. The highest BCUT2D eigenvalue weighted by atomic mass is 35.5. The fourth-order valence-corrected chi connectivity index (χ4v) is 4.69. The number of hydrogen-bond donors (Lipinski definition) is 0. The van der Waals surface area contributed by atoms with E-state index >= 15 is 0 Å². The molecule has 2 nitrogen and oxygen atoms in total. The lowest BCUT2D eigenvalue weighted by molar-refractivity contribution is -0.132. The molecule has 0 spiro atoms. The first-order chi connectivity index (χ1) is 9.24. The summed E-state index contributed by atoms with van der Waals surface area (Å²) in [4.78, 5) is 15.0. The Bertz CT molecular complexity index is 512. The number of ketones is 1. The smallest absolute Gasteiger partial charge is 0.139 e. The minimum Gasteiger partial charge on any atom is -0.299 e. The Balaban J connectivity index is 1.72. The van der Waals surface area contributed by atoms with Crippen molar-refractivity contribution in [2.24, 2.45) is 5.92 Å². The van der Waals surface area contributed by atoms with Crippen LogP contribution in [0.1, 0.15) is 37.2 Å². The lowest BCUT2D eigenvalue weighted by Gasteiger charge is -2.47. The molecular weight excluding hydrogens is 258 g/mol. The third kappa shape index (κ3) is 1.77. The molecule has 1 unspecified atom stereocenters. The van der Waals surface area contributed by atoms with E-state index in [-0.39, 0.29) is 5.92 Å². The van der Waals surface area contributed by atoms with Crippen molar-refractivity contribution in [2.45, 2.75) is 43.7 Å². The van der Waals surface area contributed by atoms with Crippen LogP contribution in [0.4, 0.5) is 0 Å². The molecule has 100 valence electrons. The molecule has 4 rings (SSSR count). The van der Waals surface area contributed by atoms with Crippen LogP contribution in [0.25, 0.3) is 0 Å². The van der Waals surface area contributed by atoms with Crippen LogP contribution in [-0.4, -0.2) is 29.3 Å². The monoisotopic (exact) mass is 275 g/mol. The molecule has 0 radical (unpaired) electrons. The van der Waals surface area contributed by atoms with Crippen LogP contribution in [0.15, 0.2) is 24.3 Å². The van der Waals surface area contributed by atoms with E-state index in [1.54, 1.807) is 0 Å². The second-order valence-electron chi connectivity index (χ2n) is 6.17. The number of piperidine rings is 2. The molecule has 3 aliphatic heterocycles. The number of nitrogens with zero attached hydrogens (tertiary/aromatic N) is 1. The molecule has 0 saturated carbocycles. The molecule has 1 aromatic rings. The number of benzene rings is 1. The standard InChI is InChI=1S/C16H18ClNO/c17-11-3-1-10(2-4-11)13-9-12-5-6-14-16(13)15(19)7-8-18(12)14/h1-4,12-14,16H,5-9H2/t12-,13+,14+,16+/m0/s1. The predicted molar refractivity (Wildman–Crippen MR) is 75.4 cm³/mol. The highest BCUT2D eigenvalue weighted by molar-refractivity contribution is 6.30. The Morgan fingerprint density at radius 2 is 1.95 bits per heavy atom. The van der Waals surface area contributed by atoms with Gasteiger partial charge in [0.05, 0.1) is 0 Å². The van der Waals surface area contributed by atoms with Crippen LogP contribution >= 0.6 is 11.6 Å². The number of hydrogen-bond acceptors (Lipinski definition) is 2. The minimum absolute atomic E-state index is 0.230. The van der Waals surface area contributed by atoms with Crippen molar-refractivity contribution in [2.75, 3.05) is 6.54 Å². The van der Waals surface area contributed by atoms with Crippen molar-refractivity contribution in [3.63, 3.8) is 0 Å². The van der Waals surface area contributed by atoms with Crippen LogP contribution in [0.3, 0.4) is 0 Å². The van der Waals surface area contributed by atoms with Crippen molar-refractivity contribution in [3.8, 4) is 0 Å². The summed E-state index contributed by atoms with van der Waals surface area (Å²) in [6.45, 7) is 0.998. The van der Waals surface area contributed by atoms with Crippen molar-refractivity contribution in [1.29, 1.82) is 0 Å². The number of Topliss-reactive ketones (excluding diaryl/α,β-unsaturated/α-hetero) is 1. The zero-order valence-corrected chi connectivity index (χ0v) is 11.6. The van der Waals surface area contributed by atoms with Gasteiger partial charge >= 0.3 is 0 Å². The molecule has 0 amide bonds. The van der Waals surface area contributed by atoms with Gasteiger partial charge in [-0.3, -0.25) is 9.69 Å². The maximum absolute atomic E-state index is 12.4. The average Bonchev–Trinajstić information content (AvgIpc) is 2.69. The van der Waals surface area contributed by atoms with E-state index in [0.717, 1.165) is 24.4 Å². The highest BCUT2D eigenvalue weighted by Crippen LogP contribution is 2.49. The topological polar surface area (TPSA) is 20.3 Å². The van der Waals surface area contributed by atoms with E-state index in [1.807, 2.05) is 12.1 Å². The van der Waals surface area contributed by atoms with Gasteiger partial charge in [0.1, 0.15) is 5.78 Å². The summed E-state index contributed by atoms with van der Waals surface area (Å²) in [6.07, 6.45) is 4.39. The summed E-state index contributed by atoms with van der Waals surface area (Å²) in [7, 11) is 0. The van der Waals surface area contributed by atoms with Gasteiger partial charge in [0, 0.05) is 36.0 Å². The summed E-state index contributed by atoms with van der Waals surface area (Å²) >= 11 is 5.98. The second kappa shape index (κ2) is 4.32.